The van der Waals surface area contributed by atoms with E-state index in [0.717, 1.165) is 16.2 Å². The van der Waals surface area contributed by atoms with Crippen LogP contribution in [-0.4, -0.2) is 32.7 Å². The quantitative estimate of drug-likeness (QED) is 0.470. The molecule has 3 heterocycles. The molecule has 31 heavy (non-hydrogen) atoms. The summed E-state index contributed by atoms with van der Waals surface area (Å²) < 4.78 is 0. The van der Waals surface area contributed by atoms with E-state index >= 15 is 0 Å². The molecule has 1 atom stereocenters. The van der Waals surface area contributed by atoms with Gasteiger partial charge in [-0.2, -0.15) is 0 Å². The monoisotopic (exact) mass is 440 g/mol. The van der Waals surface area contributed by atoms with Crippen molar-refractivity contribution in [2.45, 2.75) is 67.3 Å². The van der Waals surface area contributed by atoms with Crippen LogP contribution in [0.4, 0.5) is 0 Å². The second-order valence-electron chi connectivity index (χ2n) is 10.4. The minimum absolute atomic E-state index is 0.0000525. The summed E-state index contributed by atoms with van der Waals surface area (Å²) in [5.41, 5.74) is 2.30. The molecule has 3 rings (SSSR count). The zero-order valence-corrected chi connectivity index (χ0v) is 20.2. The molecule has 0 aliphatic heterocycles. The number of nitrogens with zero attached hydrogens (tertiary/aromatic N) is 2. The summed E-state index contributed by atoms with van der Waals surface area (Å²) in [4.78, 5) is 39.1. The average molecular weight is 441 g/mol. The van der Waals surface area contributed by atoms with E-state index in [1.807, 2.05) is 19.1 Å². The predicted octanol–water partition coefficient (Wildman–Crippen LogP) is 5.86. The largest absolute Gasteiger partial charge is 0.349 e. The standard InChI is InChI=1S/C24H32N4O2S/c1-14(24(5,6)7)27-22(30)15-12-25-21-20(15)28-16(13-26-21)18-8-9-19(31-18)17(29)10-11-23(2,3)4/h8-9,12-14H,10-11H2,1-7H3,(H,25,26)(H,27,30)/t14-/m0/s1. The Morgan fingerprint density at radius 1 is 1.16 bits per heavy atom. The number of amides is 1. The fourth-order valence-corrected chi connectivity index (χ4v) is 3.84. The molecule has 0 aromatic carbocycles. The van der Waals surface area contributed by atoms with E-state index in [-0.39, 0.29) is 28.6 Å². The van der Waals surface area contributed by atoms with Gasteiger partial charge in [-0.15, -0.1) is 11.3 Å². The number of carbonyl (C=O) groups is 2. The van der Waals surface area contributed by atoms with Crippen LogP contribution in [-0.2, 0) is 0 Å². The predicted molar refractivity (Wildman–Crippen MR) is 127 cm³/mol. The van der Waals surface area contributed by atoms with Gasteiger partial charge in [0, 0.05) is 18.7 Å². The molecule has 0 saturated heterocycles. The Hall–Kier alpha value is -2.54. The number of hydrogen-bond acceptors (Lipinski definition) is 5. The van der Waals surface area contributed by atoms with E-state index in [0.29, 0.717) is 28.8 Å². The van der Waals surface area contributed by atoms with Crippen molar-refractivity contribution in [3.05, 3.63) is 35.0 Å². The van der Waals surface area contributed by atoms with Crippen LogP contribution in [0.2, 0.25) is 0 Å². The van der Waals surface area contributed by atoms with Gasteiger partial charge in [-0.1, -0.05) is 41.5 Å². The first-order valence-corrected chi connectivity index (χ1v) is 11.5. The lowest BCUT2D eigenvalue weighted by Crippen LogP contribution is -2.41. The van der Waals surface area contributed by atoms with Crippen molar-refractivity contribution in [2.75, 3.05) is 0 Å². The molecule has 1 amide bonds. The molecule has 7 heteroatoms. The summed E-state index contributed by atoms with van der Waals surface area (Å²) in [7, 11) is 0. The Bertz CT molecular complexity index is 1100. The van der Waals surface area contributed by atoms with Crippen LogP contribution in [0.25, 0.3) is 21.7 Å². The fraction of sp³-hybridized carbons (Fsp3) is 0.500. The van der Waals surface area contributed by atoms with Crippen LogP contribution < -0.4 is 5.32 Å². The van der Waals surface area contributed by atoms with Crippen molar-refractivity contribution in [3.63, 3.8) is 0 Å². The van der Waals surface area contributed by atoms with E-state index in [9.17, 15) is 9.59 Å². The third-order valence-electron chi connectivity index (χ3n) is 5.51. The topological polar surface area (TPSA) is 87.7 Å². The zero-order valence-electron chi connectivity index (χ0n) is 19.4. The molecule has 2 N–H and O–H groups in total. The van der Waals surface area contributed by atoms with Gasteiger partial charge in [0.2, 0.25) is 0 Å². The first-order valence-electron chi connectivity index (χ1n) is 10.6. The Morgan fingerprint density at radius 3 is 2.52 bits per heavy atom. The highest BCUT2D eigenvalue weighted by Gasteiger charge is 2.24. The Labute approximate surface area is 187 Å². The lowest BCUT2D eigenvalue weighted by atomic mass is 9.88. The molecule has 166 valence electrons. The number of carbonyl (C=O) groups excluding carboxylic acids is 2. The van der Waals surface area contributed by atoms with Gasteiger partial charge in [0.25, 0.3) is 5.91 Å². The van der Waals surface area contributed by atoms with Gasteiger partial charge in [-0.3, -0.25) is 9.59 Å². The number of H-pyrrole nitrogens is 1. The summed E-state index contributed by atoms with van der Waals surface area (Å²) in [6, 6.07) is 3.76. The summed E-state index contributed by atoms with van der Waals surface area (Å²) >= 11 is 1.42. The SMILES string of the molecule is C[C@H](NC(=O)c1c[nH]c2ncc(-c3ccc(C(=O)CCC(C)(C)C)s3)nc12)C(C)(C)C. The van der Waals surface area contributed by atoms with Gasteiger partial charge in [-0.25, -0.2) is 9.97 Å². The zero-order chi connectivity index (χ0) is 23.0. The molecule has 6 nitrogen and oxygen atoms in total. The van der Waals surface area contributed by atoms with Crippen molar-refractivity contribution < 1.29 is 9.59 Å². The Balaban J connectivity index is 1.83. The number of Topliss-reactive ketones (excluding diaryl/α,β-unsaturated/α-hetero) is 1. The van der Waals surface area contributed by atoms with E-state index in [2.05, 4.69) is 56.8 Å². The van der Waals surface area contributed by atoms with Crippen LogP contribution in [0.5, 0.6) is 0 Å². The van der Waals surface area contributed by atoms with Gasteiger partial charge in [-0.05, 0) is 36.3 Å². The number of thiophene rings is 1. The number of hydrogen-bond donors (Lipinski definition) is 2. The maximum Gasteiger partial charge on any atom is 0.255 e. The van der Waals surface area contributed by atoms with E-state index in [4.69, 9.17) is 4.98 Å². The van der Waals surface area contributed by atoms with Gasteiger partial charge in [0.1, 0.15) is 5.52 Å². The summed E-state index contributed by atoms with van der Waals surface area (Å²) in [6.07, 6.45) is 4.70. The van der Waals surface area contributed by atoms with Crippen molar-refractivity contribution >= 4 is 34.2 Å². The first-order chi connectivity index (χ1) is 14.3. The van der Waals surface area contributed by atoms with E-state index in [1.165, 1.54) is 11.3 Å². The lowest BCUT2D eigenvalue weighted by molar-refractivity contribution is 0.0910. The normalized spacial score (nSPS) is 13.4. The van der Waals surface area contributed by atoms with Gasteiger partial charge >= 0.3 is 0 Å². The van der Waals surface area contributed by atoms with Gasteiger partial charge in [0.05, 0.1) is 27.2 Å². The maximum absolute atomic E-state index is 12.8. The smallest absolute Gasteiger partial charge is 0.255 e. The fourth-order valence-electron chi connectivity index (χ4n) is 2.91. The highest BCUT2D eigenvalue weighted by Crippen LogP contribution is 2.30. The molecule has 3 aromatic heterocycles. The van der Waals surface area contributed by atoms with E-state index < -0.39 is 0 Å². The van der Waals surface area contributed by atoms with Crippen LogP contribution in [0.3, 0.4) is 0 Å². The van der Waals surface area contributed by atoms with Crippen molar-refractivity contribution in [3.8, 4) is 10.6 Å². The summed E-state index contributed by atoms with van der Waals surface area (Å²) in [5, 5.41) is 3.05. The molecule has 0 spiro atoms. The van der Waals surface area contributed by atoms with Crippen molar-refractivity contribution in [1.29, 1.82) is 0 Å². The number of ketones is 1. The second kappa shape index (κ2) is 8.54. The maximum atomic E-state index is 12.8. The highest BCUT2D eigenvalue weighted by molar-refractivity contribution is 7.17. The van der Waals surface area contributed by atoms with Gasteiger partial charge < -0.3 is 10.3 Å². The first kappa shape index (κ1) is 23.1. The van der Waals surface area contributed by atoms with Crippen molar-refractivity contribution in [1.82, 2.24) is 20.3 Å². The average Bonchev–Trinajstić information content (AvgIpc) is 3.31. The molecular weight excluding hydrogens is 408 g/mol. The Kier molecular flexibility index (Phi) is 6.37. The minimum atomic E-state index is -0.177. The second-order valence-corrected chi connectivity index (χ2v) is 11.4. The minimum Gasteiger partial charge on any atom is -0.349 e. The number of aromatic nitrogens is 3. The molecule has 0 aliphatic rings. The van der Waals surface area contributed by atoms with Crippen LogP contribution >= 0.6 is 11.3 Å². The molecule has 0 unspecified atom stereocenters. The molecular formula is C24H32N4O2S. The van der Waals surface area contributed by atoms with Crippen LogP contribution in [0.15, 0.2) is 24.5 Å². The van der Waals surface area contributed by atoms with Gasteiger partial charge in [0.15, 0.2) is 11.4 Å². The van der Waals surface area contributed by atoms with Crippen LogP contribution in [0.1, 0.15) is 81.3 Å². The van der Waals surface area contributed by atoms with Crippen LogP contribution in [0, 0.1) is 10.8 Å². The summed E-state index contributed by atoms with van der Waals surface area (Å²) in [5.74, 6) is -0.0255. The molecule has 0 saturated carbocycles. The third kappa shape index (κ3) is 5.58. The van der Waals surface area contributed by atoms with Crippen molar-refractivity contribution in [2.24, 2.45) is 10.8 Å². The number of nitrogens with one attached hydrogen (secondary N) is 2. The summed E-state index contributed by atoms with van der Waals surface area (Å²) in [6.45, 7) is 14.7. The Morgan fingerprint density at radius 2 is 1.87 bits per heavy atom. The molecule has 0 aliphatic carbocycles. The number of rotatable bonds is 6. The number of aromatic amines is 1. The molecule has 0 bridgehead atoms. The lowest BCUT2D eigenvalue weighted by Gasteiger charge is -2.27. The third-order valence-corrected chi connectivity index (χ3v) is 6.66. The highest BCUT2D eigenvalue weighted by atomic mass is 32.1. The number of fused-ring (bicyclic) bond motifs is 1. The molecule has 0 fully saturated rings. The molecule has 3 aromatic rings. The van der Waals surface area contributed by atoms with E-state index in [1.54, 1.807) is 12.4 Å². The molecule has 0 radical (unpaired) electrons.